The molecular formula is C21H24N4O7S2. The van der Waals surface area contributed by atoms with Crippen molar-refractivity contribution in [3.05, 3.63) is 58.3 Å². The number of sulfone groups is 1. The number of amides is 2. The maximum atomic E-state index is 13.4. The average molecular weight is 509 g/mol. The van der Waals surface area contributed by atoms with Crippen LogP contribution in [0, 0.1) is 0 Å². The molecule has 3 rings (SSSR count). The lowest BCUT2D eigenvalue weighted by Crippen LogP contribution is -2.59. The highest BCUT2D eigenvalue weighted by Crippen LogP contribution is 2.49. The van der Waals surface area contributed by atoms with Crippen LogP contribution in [-0.2, 0) is 24.2 Å². The second-order valence-corrected chi connectivity index (χ2v) is 11.5. The molecule has 2 aliphatic rings. The predicted molar refractivity (Wildman–Crippen MR) is 126 cm³/mol. The number of nitrogens with zero attached hydrogens (tertiary/aromatic N) is 2. The first kappa shape index (κ1) is 25.3. The number of nitrogens with two attached hydrogens (primary N) is 1. The zero-order chi connectivity index (χ0) is 25.3. The van der Waals surface area contributed by atoms with Gasteiger partial charge < -0.3 is 25.8 Å². The zero-order valence-corrected chi connectivity index (χ0v) is 20.1. The van der Waals surface area contributed by atoms with Gasteiger partial charge in [0.25, 0.3) is 5.91 Å². The zero-order valence-electron chi connectivity index (χ0n) is 18.4. The van der Waals surface area contributed by atoms with Crippen LogP contribution in [0.3, 0.4) is 0 Å². The van der Waals surface area contributed by atoms with Crippen molar-refractivity contribution in [1.29, 1.82) is 0 Å². The maximum Gasteiger partial charge on any atom is 0.407 e. The fourth-order valence-corrected chi connectivity index (χ4v) is 6.42. The van der Waals surface area contributed by atoms with Gasteiger partial charge in [-0.15, -0.1) is 0 Å². The van der Waals surface area contributed by atoms with Gasteiger partial charge in [0.15, 0.2) is 21.3 Å². The number of carboxylic acid groups (broad SMARTS) is 1. The van der Waals surface area contributed by atoms with E-state index in [1.54, 1.807) is 30.5 Å². The lowest BCUT2D eigenvalue weighted by atomic mass is 9.94. The number of fused-ring (bicyclic) bond motifs is 1. The number of thioether (sulfide) groups is 1. The standard InChI is InChI=1S/C21H24N4O7S2/c1-12(10-33-13(2)22)9-24-20(29)32-11-21(3)16(19(27)28)25-17(26)15(18(25)34(21,30)31)8-14-6-4-5-7-23-14/h4-8,10,16,18H,2,9,11,22H2,1,3H3,(H,24,29)(H,27,28)/b12-10+,15-8-/t16-,18+,21-/m0/s1. The third-order valence-corrected chi connectivity index (χ3v) is 8.97. The molecule has 11 nitrogen and oxygen atoms in total. The summed E-state index contributed by atoms with van der Waals surface area (Å²) in [6.45, 7) is 5.76. The smallest absolute Gasteiger partial charge is 0.407 e. The summed E-state index contributed by atoms with van der Waals surface area (Å²) in [6, 6.07) is 3.19. The Morgan fingerprint density at radius 1 is 1.44 bits per heavy atom. The normalized spacial score (nSPS) is 26.5. The third-order valence-electron chi connectivity index (χ3n) is 5.44. The van der Waals surface area contributed by atoms with Crippen molar-refractivity contribution >= 4 is 45.6 Å². The Labute approximate surface area is 200 Å². The fraction of sp³-hybridized carbons (Fsp3) is 0.333. The Kier molecular flexibility index (Phi) is 7.07. The van der Waals surface area contributed by atoms with Crippen molar-refractivity contribution < 1.29 is 32.6 Å². The van der Waals surface area contributed by atoms with Gasteiger partial charge in [-0.2, -0.15) is 0 Å². The molecule has 1 aromatic rings. The number of aliphatic carboxylic acids is 1. The summed E-state index contributed by atoms with van der Waals surface area (Å²) < 4.78 is 29.8. The van der Waals surface area contributed by atoms with Gasteiger partial charge in [0.05, 0.1) is 16.3 Å². The molecule has 0 radical (unpaired) electrons. The molecule has 0 unspecified atom stereocenters. The van der Waals surface area contributed by atoms with Crippen LogP contribution in [0.25, 0.3) is 6.08 Å². The summed E-state index contributed by atoms with van der Waals surface area (Å²) in [6.07, 6.45) is 1.87. The Hall–Kier alpha value is -3.32. The van der Waals surface area contributed by atoms with Crippen LogP contribution >= 0.6 is 11.8 Å². The number of pyridine rings is 1. The molecule has 182 valence electrons. The number of ether oxygens (including phenoxy) is 1. The molecule has 34 heavy (non-hydrogen) atoms. The summed E-state index contributed by atoms with van der Waals surface area (Å²) in [4.78, 5) is 41.8. The molecule has 0 aromatic carbocycles. The number of aromatic nitrogens is 1. The molecule has 2 amide bonds. The lowest BCUT2D eigenvalue weighted by molar-refractivity contribution is -0.153. The number of β-lactam (4-membered cyclic amide) rings is 1. The van der Waals surface area contributed by atoms with Crippen LogP contribution in [-0.4, -0.2) is 70.7 Å². The molecule has 2 saturated heterocycles. The second-order valence-electron chi connectivity index (χ2n) is 8.00. The highest BCUT2D eigenvalue weighted by Gasteiger charge is 2.72. The van der Waals surface area contributed by atoms with Crippen molar-refractivity contribution in [2.75, 3.05) is 13.2 Å². The first-order valence-corrected chi connectivity index (χ1v) is 12.4. The summed E-state index contributed by atoms with van der Waals surface area (Å²) >= 11 is 1.17. The van der Waals surface area contributed by atoms with E-state index in [9.17, 15) is 27.9 Å². The van der Waals surface area contributed by atoms with E-state index in [0.717, 1.165) is 17.4 Å². The minimum absolute atomic E-state index is 0.0853. The molecule has 2 fully saturated rings. The summed E-state index contributed by atoms with van der Waals surface area (Å²) in [5.74, 6) is -2.24. The van der Waals surface area contributed by atoms with Crippen molar-refractivity contribution in [3.8, 4) is 0 Å². The van der Waals surface area contributed by atoms with Crippen LogP contribution in [0.5, 0.6) is 0 Å². The van der Waals surface area contributed by atoms with Gasteiger partial charge in [0.1, 0.15) is 11.4 Å². The summed E-state index contributed by atoms with van der Waals surface area (Å²) in [7, 11) is -4.28. The van der Waals surface area contributed by atoms with Gasteiger partial charge in [-0.25, -0.2) is 18.0 Å². The van der Waals surface area contributed by atoms with Crippen LogP contribution in [0.1, 0.15) is 19.5 Å². The molecule has 4 N–H and O–H groups in total. The highest BCUT2D eigenvalue weighted by molar-refractivity contribution is 8.05. The predicted octanol–water partition coefficient (Wildman–Crippen LogP) is 1.07. The van der Waals surface area contributed by atoms with Crippen molar-refractivity contribution in [1.82, 2.24) is 15.2 Å². The molecule has 0 bridgehead atoms. The van der Waals surface area contributed by atoms with E-state index in [2.05, 4.69) is 16.9 Å². The van der Waals surface area contributed by atoms with E-state index < -0.39 is 50.6 Å². The molecule has 0 saturated carbocycles. The molecular weight excluding hydrogens is 484 g/mol. The summed E-state index contributed by atoms with van der Waals surface area (Å²) in [5, 5.41) is 12.8. The topological polar surface area (TPSA) is 169 Å². The highest BCUT2D eigenvalue weighted by atomic mass is 32.2. The SMILES string of the molecule is C=C(N)S/C=C(\C)CNC(=O)OC[C@@]1(C)[C@H](C(=O)O)N2C(=O)/C(=C/c3ccccn3)[C@H]2S1(=O)=O. The van der Waals surface area contributed by atoms with Gasteiger partial charge in [-0.05, 0) is 43.0 Å². The number of hydrogen-bond donors (Lipinski definition) is 3. The number of nitrogens with one attached hydrogen (secondary N) is 1. The Morgan fingerprint density at radius 2 is 2.15 bits per heavy atom. The van der Waals surface area contributed by atoms with Gasteiger partial charge in [0.2, 0.25) is 0 Å². The lowest BCUT2D eigenvalue weighted by Gasteiger charge is -2.37. The third kappa shape index (κ3) is 4.53. The van der Waals surface area contributed by atoms with Crippen LogP contribution < -0.4 is 11.1 Å². The largest absolute Gasteiger partial charge is 0.480 e. The molecule has 0 spiro atoms. The molecule has 13 heteroatoms. The minimum Gasteiger partial charge on any atom is -0.480 e. The minimum atomic E-state index is -4.28. The molecule has 3 heterocycles. The molecule has 2 aliphatic heterocycles. The van der Waals surface area contributed by atoms with E-state index in [0.29, 0.717) is 10.7 Å². The number of alkyl carbamates (subject to hydrolysis) is 1. The molecule has 3 atom stereocenters. The van der Waals surface area contributed by atoms with Crippen LogP contribution in [0.15, 0.2) is 52.6 Å². The van der Waals surface area contributed by atoms with Gasteiger partial charge in [-0.3, -0.25) is 9.78 Å². The van der Waals surface area contributed by atoms with Gasteiger partial charge in [-0.1, -0.05) is 24.4 Å². The van der Waals surface area contributed by atoms with E-state index >= 15 is 0 Å². The molecule has 0 aliphatic carbocycles. The Balaban J connectivity index is 1.79. The molecule has 1 aromatic heterocycles. The number of carbonyl (C=O) groups is 3. The first-order chi connectivity index (χ1) is 15.9. The van der Waals surface area contributed by atoms with Crippen LogP contribution in [0.2, 0.25) is 0 Å². The second kappa shape index (κ2) is 9.50. The van der Waals surface area contributed by atoms with Crippen molar-refractivity contribution in [2.45, 2.75) is 30.0 Å². The number of carboxylic acids is 1. The van der Waals surface area contributed by atoms with E-state index in [-0.39, 0.29) is 12.1 Å². The average Bonchev–Trinajstić information content (AvgIpc) is 2.94. The summed E-state index contributed by atoms with van der Waals surface area (Å²) in [5.41, 5.74) is 6.46. The number of hydrogen-bond acceptors (Lipinski definition) is 9. The fourth-order valence-electron chi connectivity index (χ4n) is 3.70. The Morgan fingerprint density at radius 3 is 2.74 bits per heavy atom. The van der Waals surface area contributed by atoms with E-state index in [1.807, 2.05) is 0 Å². The Bertz CT molecular complexity index is 1200. The first-order valence-electron chi connectivity index (χ1n) is 9.99. The van der Waals surface area contributed by atoms with E-state index in [4.69, 9.17) is 10.5 Å². The van der Waals surface area contributed by atoms with E-state index in [1.165, 1.54) is 24.0 Å². The number of carbonyl (C=O) groups excluding carboxylic acids is 2. The van der Waals surface area contributed by atoms with Crippen molar-refractivity contribution in [3.63, 3.8) is 0 Å². The van der Waals surface area contributed by atoms with Crippen LogP contribution in [0.4, 0.5) is 4.79 Å². The quantitative estimate of drug-likeness (QED) is 0.341. The van der Waals surface area contributed by atoms with Gasteiger partial charge >= 0.3 is 12.1 Å². The monoisotopic (exact) mass is 508 g/mol. The number of rotatable bonds is 8. The maximum absolute atomic E-state index is 13.4. The van der Waals surface area contributed by atoms with Gasteiger partial charge in [0, 0.05) is 12.7 Å². The van der Waals surface area contributed by atoms with Crippen molar-refractivity contribution in [2.24, 2.45) is 5.73 Å².